The van der Waals surface area contributed by atoms with E-state index in [1.165, 1.54) is 23.6 Å². The lowest BCUT2D eigenvalue weighted by molar-refractivity contribution is -0.140. The van der Waals surface area contributed by atoms with Crippen LogP contribution in [0.15, 0.2) is 4.79 Å². The van der Waals surface area contributed by atoms with Gasteiger partial charge in [-0.25, -0.2) is 0 Å². The number of aromatic nitrogens is 2. The standard InChI is InChI=1S/C8H10N2O3S/c1-10-7(11)5-4(9-10)3-14-6(5)8(12)13-2/h6,9H,3H2,1-2H3. The van der Waals surface area contributed by atoms with Crippen molar-refractivity contribution >= 4 is 17.7 Å². The van der Waals surface area contributed by atoms with Crippen molar-refractivity contribution in [3.05, 3.63) is 21.6 Å². The molecule has 1 aromatic heterocycles. The average molecular weight is 214 g/mol. The van der Waals surface area contributed by atoms with Gasteiger partial charge in [0.05, 0.1) is 18.4 Å². The van der Waals surface area contributed by atoms with Gasteiger partial charge in [0.15, 0.2) is 0 Å². The lowest BCUT2D eigenvalue weighted by atomic mass is 10.2. The Morgan fingerprint density at radius 2 is 2.43 bits per heavy atom. The minimum atomic E-state index is -0.458. The third-order valence-electron chi connectivity index (χ3n) is 2.23. The molecule has 1 atom stereocenters. The highest BCUT2D eigenvalue weighted by atomic mass is 32.2. The minimum absolute atomic E-state index is 0.139. The van der Waals surface area contributed by atoms with Gasteiger partial charge in [-0.1, -0.05) is 0 Å². The van der Waals surface area contributed by atoms with Crippen molar-refractivity contribution in [2.75, 3.05) is 7.11 Å². The predicted octanol–water partition coefficient (Wildman–Crippen LogP) is 0.174. The van der Waals surface area contributed by atoms with Crippen molar-refractivity contribution in [1.29, 1.82) is 0 Å². The van der Waals surface area contributed by atoms with Crippen molar-refractivity contribution in [2.24, 2.45) is 7.05 Å². The molecule has 0 amide bonds. The first kappa shape index (κ1) is 9.39. The van der Waals surface area contributed by atoms with E-state index in [1.54, 1.807) is 7.05 Å². The Hall–Kier alpha value is -1.17. The molecule has 1 aliphatic rings. The number of aromatic amines is 1. The number of ether oxygens (including phenoxy) is 1. The van der Waals surface area contributed by atoms with Crippen LogP contribution in [0, 0.1) is 0 Å². The van der Waals surface area contributed by atoms with E-state index in [0.717, 1.165) is 5.69 Å². The minimum Gasteiger partial charge on any atom is -0.468 e. The van der Waals surface area contributed by atoms with Gasteiger partial charge in [-0.3, -0.25) is 19.4 Å². The van der Waals surface area contributed by atoms with Gasteiger partial charge in [-0.2, -0.15) is 0 Å². The summed E-state index contributed by atoms with van der Waals surface area (Å²) in [5, 5.41) is 2.45. The van der Waals surface area contributed by atoms with E-state index in [1.807, 2.05) is 0 Å². The summed E-state index contributed by atoms with van der Waals surface area (Å²) in [6.07, 6.45) is 0. The van der Waals surface area contributed by atoms with Crippen LogP contribution in [0.1, 0.15) is 16.5 Å². The van der Waals surface area contributed by atoms with Gasteiger partial charge in [0, 0.05) is 12.8 Å². The van der Waals surface area contributed by atoms with Crippen molar-refractivity contribution in [3.63, 3.8) is 0 Å². The maximum absolute atomic E-state index is 11.6. The Balaban J connectivity index is 2.47. The van der Waals surface area contributed by atoms with Crippen LogP contribution < -0.4 is 5.56 Å². The summed E-state index contributed by atoms with van der Waals surface area (Å²) in [7, 11) is 2.97. The van der Waals surface area contributed by atoms with E-state index in [9.17, 15) is 9.59 Å². The quantitative estimate of drug-likeness (QED) is 0.677. The molecule has 0 bridgehead atoms. The van der Waals surface area contributed by atoms with E-state index in [4.69, 9.17) is 0 Å². The van der Waals surface area contributed by atoms with E-state index in [-0.39, 0.29) is 11.5 Å². The van der Waals surface area contributed by atoms with Crippen LogP contribution in [-0.4, -0.2) is 22.9 Å². The number of rotatable bonds is 1. The third kappa shape index (κ3) is 1.18. The molecule has 5 nitrogen and oxygen atoms in total. The molecule has 0 aliphatic carbocycles. The monoisotopic (exact) mass is 214 g/mol. The Kier molecular flexibility index (Phi) is 2.14. The molecule has 1 unspecified atom stereocenters. The molecule has 0 spiro atoms. The molecule has 0 aromatic carbocycles. The molecular weight excluding hydrogens is 204 g/mol. The van der Waals surface area contributed by atoms with Crippen molar-refractivity contribution in [2.45, 2.75) is 11.0 Å². The number of hydrogen-bond acceptors (Lipinski definition) is 4. The number of H-pyrrole nitrogens is 1. The van der Waals surface area contributed by atoms with E-state index in [2.05, 4.69) is 9.84 Å². The molecule has 2 heterocycles. The fourth-order valence-electron chi connectivity index (χ4n) is 1.55. The highest BCUT2D eigenvalue weighted by Crippen LogP contribution is 2.39. The Bertz CT molecular complexity index is 434. The first-order valence-electron chi connectivity index (χ1n) is 4.12. The number of methoxy groups -OCH3 is 1. The van der Waals surface area contributed by atoms with Crippen LogP contribution in [0.4, 0.5) is 0 Å². The van der Waals surface area contributed by atoms with Gasteiger partial charge in [-0.05, 0) is 0 Å². The molecule has 76 valence electrons. The van der Waals surface area contributed by atoms with Crippen LogP contribution in [-0.2, 0) is 22.3 Å². The molecule has 0 radical (unpaired) electrons. The lowest BCUT2D eigenvalue weighted by Gasteiger charge is -2.04. The highest BCUT2D eigenvalue weighted by molar-refractivity contribution is 7.99. The second kappa shape index (κ2) is 3.20. The maximum atomic E-state index is 11.6. The van der Waals surface area contributed by atoms with Crippen LogP contribution in [0.2, 0.25) is 0 Å². The topological polar surface area (TPSA) is 64.1 Å². The van der Waals surface area contributed by atoms with Crippen LogP contribution in [0.25, 0.3) is 0 Å². The molecular formula is C8H10N2O3S. The summed E-state index contributed by atoms with van der Waals surface area (Å²) < 4.78 is 6.02. The van der Waals surface area contributed by atoms with E-state index < -0.39 is 5.25 Å². The first-order valence-corrected chi connectivity index (χ1v) is 5.17. The van der Waals surface area contributed by atoms with Gasteiger partial charge in [-0.15, -0.1) is 11.8 Å². The van der Waals surface area contributed by atoms with Crippen LogP contribution >= 0.6 is 11.8 Å². The summed E-state index contributed by atoms with van der Waals surface area (Å²) in [6, 6.07) is 0. The largest absolute Gasteiger partial charge is 0.468 e. The molecule has 0 saturated heterocycles. The van der Waals surface area contributed by atoms with Crippen molar-refractivity contribution < 1.29 is 9.53 Å². The number of carbonyl (C=O) groups is 1. The number of thioether (sulfide) groups is 1. The first-order chi connectivity index (χ1) is 6.65. The average Bonchev–Trinajstić information content (AvgIpc) is 2.68. The smallest absolute Gasteiger partial charge is 0.323 e. The number of hydrogen-bond donors (Lipinski definition) is 1. The van der Waals surface area contributed by atoms with Gasteiger partial charge >= 0.3 is 5.97 Å². The predicted molar refractivity (Wildman–Crippen MR) is 52.1 cm³/mol. The van der Waals surface area contributed by atoms with Gasteiger partial charge < -0.3 is 4.74 Å². The Morgan fingerprint density at radius 1 is 1.71 bits per heavy atom. The Morgan fingerprint density at radius 3 is 3.07 bits per heavy atom. The summed E-state index contributed by atoms with van der Waals surface area (Å²) in [5.74, 6) is 0.302. The maximum Gasteiger partial charge on any atom is 0.323 e. The van der Waals surface area contributed by atoms with E-state index in [0.29, 0.717) is 11.3 Å². The number of carbonyl (C=O) groups excluding carboxylic acids is 1. The molecule has 1 aromatic rings. The molecule has 1 N–H and O–H groups in total. The number of fused-ring (bicyclic) bond motifs is 1. The fourth-order valence-corrected chi connectivity index (χ4v) is 2.74. The molecule has 6 heteroatoms. The molecule has 14 heavy (non-hydrogen) atoms. The van der Waals surface area contributed by atoms with Crippen molar-refractivity contribution in [1.82, 2.24) is 9.78 Å². The zero-order valence-corrected chi connectivity index (χ0v) is 8.68. The summed E-state index contributed by atoms with van der Waals surface area (Å²) in [6.45, 7) is 0. The second-order valence-electron chi connectivity index (χ2n) is 3.08. The van der Waals surface area contributed by atoms with Crippen LogP contribution in [0.5, 0.6) is 0 Å². The number of nitrogens with one attached hydrogen (secondary N) is 1. The summed E-state index contributed by atoms with van der Waals surface area (Å²) >= 11 is 1.41. The lowest BCUT2D eigenvalue weighted by Crippen LogP contribution is -2.20. The zero-order valence-electron chi connectivity index (χ0n) is 7.86. The van der Waals surface area contributed by atoms with Gasteiger partial charge in [0.1, 0.15) is 5.25 Å². The number of esters is 1. The third-order valence-corrected chi connectivity index (χ3v) is 3.45. The highest BCUT2D eigenvalue weighted by Gasteiger charge is 2.34. The van der Waals surface area contributed by atoms with Crippen LogP contribution in [0.3, 0.4) is 0 Å². The zero-order chi connectivity index (χ0) is 10.3. The molecule has 1 aliphatic heterocycles. The Labute approximate surface area is 84.4 Å². The second-order valence-corrected chi connectivity index (χ2v) is 4.18. The van der Waals surface area contributed by atoms with Crippen molar-refractivity contribution in [3.8, 4) is 0 Å². The summed E-state index contributed by atoms with van der Waals surface area (Å²) in [4.78, 5) is 22.9. The molecule has 0 fully saturated rings. The number of aryl methyl sites for hydroxylation is 1. The van der Waals surface area contributed by atoms with Gasteiger partial charge in [0.25, 0.3) is 5.56 Å². The normalized spacial score (nSPS) is 19.4. The summed E-state index contributed by atoms with van der Waals surface area (Å²) in [5.41, 5.74) is 1.24. The molecule has 0 saturated carbocycles. The van der Waals surface area contributed by atoms with Gasteiger partial charge in [0.2, 0.25) is 0 Å². The fraction of sp³-hybridized carbons (Fsp3) is 0.500. The SMILES string of the molecule is COC(=O)C1SCc2[nH]n(C)c(=O)c21. The number of nitrogens with zero attached hydrogens (tertiary/aromatic N) is 1. The van der Waals surface area contributed by atoms with E-state index >= 15 is 0 Å². The molecule has 2 rings (SSSR count).